The van der Waals surface area contributed by atoms with E-state index >= 15 is 0 Å². The van der Waals surface area contributed by atoms with Gasteiger partial charge in [0, 0.05) is 16.9 Å². The number of hydrogen-bond donors (Lipinski definition) is 4. The molecule has 0 spiro atoms. The SMILES string of the molecule is C[C@@H](NC(=O)Nc1ccccc1)C(=O)Nc1ccc(-c2nc3ccccc3[nH]2)cc1. The van der Waals surface area contributed by atoms with Gasteiger partial charge in [0.1, 0.15) is 11.9 Å². The minimum absolute atomic E-state index is 0.310. The van der Waals surface area contributed by atoms with E-state index in [0.29, 0.717) is 11.4 Å². The van der Waals surface area contributed by atoms with E-state index in [4.69, 9.17) is 0 Å². The number of H-pyrrole nitrogens is 1. The lowest BCUT2D eigenvalue weighted by atomic mass is 10.2. The number of carbonyl (C=O) groups excluding carboxylic acids is 2. The zero-order valence-corrected chi connectivity index (χ0v) is 16.3. The average Bonchev–Trinajstić information content (AvgIpc) is 3.19. The van der Waals surface area contributed by atoms with Crippen LogP contribution in [0.25, 0.3) is 22.4 Å². The number of nitrogens with zero attached hydrogens (tertiary/aromatic N) is 1. The third-order valence-corrected chi connectivity index (χ3v) is 4.59. The molecule has 4 rings (SSSR count). The summed E-state index contributed by atoms with van der Waals surface area (Å²) in [5.74, 6) is 0.455. The molecule has 0 unspecified atom stereocenters. The number of amides is 3. The number of para-hydroxylation sites is 3. The Morgan fingerprint density at radius 1 is 0.833 bits per heavy atom. The predicted octanol–water partition coefficient (Wildman–Crippen LogP) is 4.38. The van der Waals surface area contributed by atoms with Crippen LogP contribution in [-0.4, -0.2) is 27.9 Å². The molecule has 1 heterocycles. The lowest BCUT2D eigenvalue weighted by molar-refractivity contribution is -0.117. The molecule has 7 nitrogen and oxygen atoms in total. The smallest absolute Gasteiger partial charge is 0.319 e. The van der Waals surface area contributed by atoms with Crippen molar-refractivity contribution in [3.63, 3.8) is 0 Å². The summed E-state index contributed by atoms with van der Waals surface area (Å²) in [6.45, 7) is 1.63. The van der Waals surface area contributed by atoms with Crippen molar-refractivity contribution >= 4 is 34.3 Å². The first kappa shape index (κ1) is 19.2. The first-order chi connectivity index (χ1) is 14.6. The van der Waals surface area contributed by atoms with Crippen LogP contribution in [0.1, 0.15) is 6.92 Å². The Morgan fingerprint density at radius 3 is 2.23 bits per heavy atom. The number of aromatic amines is 1. The Balaban J connectivity index is 1.35. The molecule has 0 aliphatic rings. The van der Waals surface area contributed by atoms with Gasteiger partial charge in [-0.15, -0.1) is 0 Å². The van der Waals surface area contributed by atoms with Crippen LogP contribution in [0.15, 0.2) is 78.9 Å². The molecule has 0 saturated heterocycles. The number of rotatable bonds is 5. The Hall–Kier alpha value is -4.13. The molecular formula is C23H21N5O2. The number of benzene rings is 3. The summed E-state index contributed by atoms with van der Waals surface area (Å²) in [4.78, 5) is 32.3. The van der Waals surface area contributed by atoms with Crippen LogP contribution in [0.4, 0.5) is 16.2 Å². The van der Waals surface area contributed by atoms with Crippen LogP contribution in [-0.2, 0) is 4.79 Å². The van der Waals surface area contributed by atoms with Gasteiger partial charge in [-0.25, -0.2) is 9.78 Å². The van der Waals surface area contributed by atoms with E-state index in [1.807, 2.05) is 54.6 Å². The number of hydrogen-bond acceptors (Lipinski definition) is 3. The van der Waals surface area contributed by atoms with Gasteiger partial charge < -0.3 is 20.9 Å². The van der Waals surface area contributed by atoms with Crippen molar-refractivity contribution in [1.29, 1.82) is 0 Å². The molecule has 3 amide bonds. The second-order valence-electron chi connectivity index (χ2n) is 6.86. The van der Waals surface area contributed by atoms with Gasteiger partial charge in [-0.2, -0.15) is 0 Å². The van der Waals surface area contributed by atoms with E-state index in [2.05, 4.69) is 25.9 Å². The Morgan fingerprint density at radius 2 is 1.50 bits per heavy atom. The summed E-state index contributed by atoms with van der Waals surface area (Å²) in [5, 5.41) is 8.12. The van der Waals surface area contributed by atoms with Gasteiger partial charge in [-0.1, -0.05) is 30.3 Å². The highest BCUT2D eigenvalue weighted by molar-refractivity contribution is 5.99. The Kier molecular flexibility index (Phi) is 5.43. The first-order valence-corrected chi connectivity index (χ1v) is 9.57. The van der Waals surface area contributed by atoms with E-state index < -0.39 is 12.1 Å². The van der Waals surface area contributed by atoms with Gasteiger partial charge >= 0.3 is 6.03 Å². The Labute approximate surface area is 173 Å². The van der Waals surface area contributed by atoms with Crippen LogP contribution in [0.5, 0.6) is 0 Å². The fourth-order valence-electron chi connectivity index (χ4n) is 3.00. The van der Waals surface area contributed by atoms with Gasteiger partial charge in [0.15, 0.2) is 0 Å². The van der Waals surface area contributed by atoms with E-state index in [-0.39, 0.29) is 5.91 Å². The predicted molar refractivity (Wildman–Crippen MR) is 118 cm³/mol. The van der Waals surface area contributed by atoms with Crippen molar-refractivity contribution in [3.05, 3.63) is 78.9 Å². The zero-order valence-electron chi connectivity index (χ0n) is 16.3. The molecule has 4 aromatic rings. The summed E-state index contributed by atoms with van der Waals surface area (Å²) >= 11 is 0. The molecule has 7 heteroatoms. The van der Waals surface area contributed by atoms with Gasteiger partial charge in [0.2, 0.25) is 5.91 Å². The van der Waals surface area contributed by atoms with E-state index in [0.717, 1.165) is 22.4 Å². The topological polar surface area (TPSA) is 98.9 Å². The number of anilines is 2. The zero-order chi connectivity index (χ0) is 20.9. The second kappa shape index (κ2) is 8.48. The molecule has 0 bridgehead atoms. The summed E-state index contributed by atoms with van der Waals surface area (Å²) in [5.41, 5.74) is 4.08. The maximum Gasteiger partial charge on any atom is 0.319 e. The Bertz CT molecular complexity index is 1140. The van der Waals surface area contributed by atoms with E-state index in [1.165, 1.54) is 0 Å². The molecular weight excluding hydrogens is 378 g/mol. The lowest BCUT2D eigenvalue weighted by Gasteiger charge is -2.15. The summed E-state index contributed by atoms with van der Waals surface area (Å²) in [6, 6.07) is 23.1. The molecule has 30 heavy (non-hydrogen) atoms. The number of carbonyl (C=O) groups is 2. The highest BCUT2D eigenvalue weighted by Gasteiger charge is 2.16. The van der Waals surface area contributed by atoms with Gasteiger partial charge in [-0.05, 0) is 55.5 Å². The highest BCUT2D eigenvalue weighted by Crippen LogP contribution is 2.22. The molecule has 0 aliphatic heterocycles. The number of nitrogens with one attached hydrogen (secondary N) is 4. The molecule has 0 radical (unpaired) electrons. The van der Waals surface area contributed by atoms with Crippen LogP contribution in [0, 0.1) is 0 Å². The number of imidazole rings is 1. The van der Waals surface area contributed by atoms with Crippen LogP contribution >= 0.6 is 0 Å². The third kappa shape index (κ3) is 4.47. The van der Waals surface area contributed by atoms with E-state index in [1.54, 1.807) is 31.2 Å². The minimum Gasteiger partial charge on any atom is -0.338 e. The van der Waals surface area contributed by atoms with Gasteiger partial charge in [0.05, 0.1) is 11.0 Å². The van der Waals surface area contributed by atoms with Crippen molar-refractivity contribution in [3.8, 4) is 11.4 Å². The van der Waals surface area contributed by atoms with Crippen molar-refractivity contribution in [1.82, 2.24) is 15.3 Å². The third-order valence-electron chi connectivity index (χ3n) is 4.59. The number of fused-ring (bicyclic) bond motifs is 1. The standard InChI is InChI=1S/C23H21N5O2/c1-15(24-23(30)26-17-7-3-2-4-8-17)22(29)25-18-13-11-16(12-14-18)21-27-19-9-5-6-10-20(19)28-21/h2-15H,1H3,(H,25,29)(H,27,28)(H2,24,26,30)/t15-/m1/s1. The molecule has 0 saturated carbocycles. The molecule has 0 aliphatic carbocycles. The highest BCUT2D eigenvalue weighted by atomic mass is 16.2. The average molecular weight is 399 g/mol. The minimum atomic E-state index is -0.705. The van der Waals surface area contributed by atoms with Crippen LogP contribution in [0.3, 0.4) is 0 Å². The molecule has 4 N–H and O–H groups in total. The quantitative estimate of drug-likeness (QED) is 0.401. The van der Waals surface area contributed by atoms with Crippen molar-refractivity contribution in [2.75, 3.05) is 10.6 Å². The molecule has 3 aromatic carbocycles. The first-order valence-electron chi connectivity index (χ1n) is 9.57. The normalized spacial score (nSPS) is 11.6. The fourth-order valence-corrected chi connectivity index (χ4v) is 3.00. The monoisotopic (exact) mass is 399 g/mol. The molecule has 1 atom stereocenters. The summed E-state index contributed by atoms with van der Waals surface area (Å²) in [7, 11) is 0. The molecule has 0 fully saturated rings. The maximum atomic E-state index is 12.4. The van der Waals surface area contributed by atoms with Gasteiger partial charge in [0.25, 0.3) is 0 Å². The fraction of sp³-hybridized carbons (Fsp3) is 0.0870. The molecule has 150 valence electrons. The van der Waals surface area contributed by atoms with Gasteiger partial charge in [-0.3, -0.25) is 4.79 Å². The number of urea groups is 1. The number of aromatic nitrogens is 2. The van der Waals surface area contributed by atoms with E-state index in [9.17, 15) is 9.59 Å². The van der Waals surface area contributed by atoms with Crippen molar-refractivity contribution in [2.45, 2.75) is 13.0 Å². The summed E-state index contributed by atoms with van der Waals surface area (Å²) < 4.78 is 0. The maximum absolute atomic E-state index is 12.4. The van der Waals surface area contributed by atoms with Crippen molar-refractivity contribution in [2.24, 2.45) is 0 Å². The second-order valence-corrected chi connectivity index (χ2v) is 6.86. The lowest BCUT2D eigenvalue weighted by Crippen LogP contribution is -2.43. The largest absolute Gasteiger partial charge is 0.338 e. The van der Waals surface area contributed by atoms with Crippen molar-refractivity contribution < 1.29 is 9.59 Å². The van der Waals surface area contributed by atoms with Crippen LogP contribution in [0.2, 0.25) is 0 Å². The summed E-state index contributed by atoms with van der Waals surface area (Å²) in [6.07, 6.45) is 0. The van der Waals surface area contributed by atoms with Crippen LogP contribution < -0.4 is 16.0 Å². The molecule has 1 aromatic heterocycles.